The number of nitrogens with one attached hydrogen (secondary N) is 1. The third kappa shape index (κ3) is 5.38. The molecule has 0 unspecified atom stereocenters. The van der Waals surface area contributed by atoms with Crippen molar-refractivity contribution in [1.29, 1.82) is 0 Å². The molecule has 0 spiro atoms. The summed E-state index contributed by atoms with van der Waals surface area (Å²) in [5.41, 5.74) is 1.07. The molecule has 0 aliphatic heterocycles. The van der Waals surface area contributed by atoms with E-state index in [0.29, 0.717) is 28.1 Å². The molecule has 4 aromatic rings. The minimum absolute atomic E-state index is 0.163. The fraction of sp³-hybridized carbons (Fsp3) is 0.208. The van der Waals surface area contributed by atoms with Crippen LogP contribution in [0.3, 0.4) is 0 Å². The number of halogens is 1. The quantitative estimate of drug-likeness (QED) is 0.378. The molecule has 170 valence electrons. The molecule has 0 atom stereocenters. The van der Waals surface area contributed by atoms with E-state index in [1.807, 2.05) is 24.4 Å². The number of carbonyl (C=O) groups is 1. The van der Waals surface area contributed by atoms with Crippen LogP contribution in [0.15, 0.2) is 65.0 Å². The van der Waals surface area contributed by atoms with Crippen molar-refractivity contribution in [2.24, 2.45) is 0 Å². The molecule has 2 aromatic carbocycles. The maximum absolute atomic E-state index is 13.3. The number of benzene rings is 2. The predicted molar refractivity (Wildman–Crippen MR) is 125 cm³/mol. The van der Waals surface area contributed by atoms with Crippen molar-refractivity contribution < 1.29 is 18.7 Å². The summed E-state index contributed by atoms with van der Waals surface area (Å²) in [5, 5.41) is 4.97. The Bertz CT molecular complexity index is 1300. The molecule has 0 saturated carbocycles. The van der Waals surface area contributed by atoms with Gasteiger partial charge >= 0.3 is 0 Å². The topological polar surface area (TPSA) is 82.4 Å². The summed E-state index contributed by atoms with van der Waals surface area (Å²) in [6.45, 7) is 2.92. The number of nitrogens with zero attached hydrogens (tertiary/aromatic N) is 2. The molecule has 2 heterocycles. The standard InChI is InChI=1S/C24H22FN3O4S/c1-2-31-18-7-9-19(10-8-18)32-12-11-26-21(29)13-28-15-27-23-22(24(28)30)20(14-33-23)16-3-5-17(25)6-4-16/h3-10,14-15H,2,11-13H2,1H3,(H,26,29). The van der Waals surface area contributed by atoms with Crippen molar-refractivity contribution in [2.45, 2.75) is 13.5 Å². The van der Waals surface area contributed by atoms with E-state index in [1.54, 1.807) is 24.3 Å². The van der Waals surface area contributed by atoms with Crippen molar-refractivity contribution in [3.8, 4) is 22.6 Å². The highest BCUT2D eigenvalue weighted by Crippen LogP contribution is 2.30. The first kappa shape index (κ1) is 22.5. The molecule has 7 nitrogen and oxygen atoms in total. The number of carbonyl (C=O) groups excluding carboxylic acids is 1. The van der Waals surface area contributed by atoms with Crippen molar-refractivity contribution in [2.75, 3.05) is 19.8 Å². The number of rotatable bonds is 9. The van der Waals surface area contributed by atoms with Gasteiger partial charge in [-0.25, -0.2) is 9.37 Å². The molecular weight excluding hydrogens is 445 g/mol. The second kappa shape index (κ2) is 10.3. The number of ether oxygens (including phenoxy) is 2. The molecule has 0 aliphatic rings. The van der Waals surface area contributed by atoms with E-state index in [9.17, 15) is 14.0 Å². The van der Waals surface area contributed by atoms with Crippen LogP contribution < -0.4 is 20.3 Å². The minimum atomic E-state index is -0.350. The Morgan fingerprint density at radius 3 is 2.48 bits per heavy atom. The van der Waals surface area contributed by atoms with Crippen LogP contribution in [0.5, 0.6) is 11.5 Å². The van der Waals surface area contributed by atoms with Gasteiger partial charge in [-0.05, 0) is 48.9 Å². The highest BCUT2D eigenvalue weighted by atomic mass is 32.1. The van der Waals surface area contributed by atoms with Crippen molar-refractivity contribution in [1.82, 2.24) is 14.9 Å². The normalized spacial score (nSPS) is 10.8. The van der Waals surface area contributed by atoms with Crippen LogP contribution in [0, 0.1) is 5.82 Å². The molecule has 33 heavy (non-hydrogen) atoms. The zero-order valence-electron chi connectivity index (χ0n) is 17.9. The summed E-state index contributed by atoms with van der Waals surface area (Å²) in [6.07, 6.45) is 1.37. The van der Waals surface area contributed by atoms with Crippen LogP contribution in [0.1, 0.15) is 6.92 Å². The Hall–Kier alpha value is -3.72. The molecule has 0 radical (unpaired) electrons. The van der Waals surface area contributed by atoms with Crippen molar-refractivity contribution in [3.63, 3.8) is 0 Å². The Morgan fingerprint density at radius 2 is 1.79 bits per heavy atom. The Kier molecular flexibility index (Phi) is 6.99. The Labute approximate surface area is 193 Å². The average molecular weight is 468 g/mol. The van der Waals surface area contributed by atoms with E-state index in [4.69, 9.17) is 9.47 Å². The second-order valence-corrected chi connectivity index (χ2v) is 7.97. The van der Waals surface area contributed by atoms with Gasteiger partial charge in [0.05, 0.1) is 24.9 Å². The van der Waals surface area contributed by atoms with Gasteiger partial charge in [-0.15, -0.1) is 11.3 Å². The summed E-state index contributed by atoms with van der Waals surface area (Å²) in [4.78, 5) is 30.2. The van der Waals surface area contributed by atoms with Gasteiger partial charge in [0.15, 0.2) is 0 Å². The monoisotopic (exact) mass is 467 g/mol. The summed E-state index contributed by atoms with van der Waals surface area (Å²) >= 11 is 1.33. The van der Waals surface area contributed by atoms with E-state index in [0.717, 1.165) is 11.3 Å². The number of amides is 1. The van der Waals surface area contributed by atoms with Gasteiger partial charge in [-0.3, -0.25) is 14.2 Å². The van der Waals surface area contributed by atoms with Gasteiger partial charge in [-0.1, -0.05) is 12.1 Å². The molecule has 9 heteroatoms. The van der Waals surface area contributed by atoms with Crippen LogP contribution in [0.2, 0.25) is 0 Å². The molecular formula is C24H22FN3O4S. The van der Waals surface area contributed by atoms with E-state index in [1.165, 1.54) is 34.4 Å². The van der Waals surface area contributed by atoms with Gasteiger partial charge in [0.1, 0.15) is 35.3 Å². The summed E-state index contributed by atoms with van der Waals surface area (Å²) < 4.78 is 25.5. The maximum atomic E-state index is 13.3. The van der Waals surface area contributed by atoms with Gasteiger partial charge in [0.25, 0.3) is 5.56 Å². The maximum Gasteiger partial charge on any atom is 0.263 e. The summed E-state index contributed by atoms with van der Waals surface area (Å²) in [6, 6.07) is 13.2. The van der Waals surface area contributed by atoms with Crippen LogP contribution >= 0.6 is 11.3 Å². The van der Waals surface area contributed by atoms with Crippen molar-refractivity contribution >= 4 is 27.5 Å². The minimum Gasteiger partial charge on any atom is -0.494 e. The molecule has 1 N–H and O–H groups in total. The van der Waals surface area contributed by atoms with Crippen molar-refractivity contribution in [3.05, 3.63) is 76.4 Å². The molecule has 0 aliphatic carbocycles. The lowest BCUT2D eigenvalue weighted by atomic mass is 10.1. The molecule has 0 fully saturated rings. The lowest BCUT2D eigenvalue weighted by molar-refractivity contribution is -0.121. The van der Waals surface area contributed by atoms with Crippen LogP contribution in [0.4, 0.5) is 4.39 Å². The second-order valence-electron chi connectivity index (χ2n) is 7.12. The van der Waals surface area contributed by atoms with E-state index in [-0.39, 0.29) is 37.0 Å². The zero-order chi connectivity index (χ0) is 23.2. The highest BCUT2D eigenvalue weighted by molar-refractivity contribution is 7.17. The average Bonchev–Trinajstić information content (AvgIpc) is 3.25. The number of fused-ring (bicyclic) bond motifs is 1. The van der Waals surface area contributed by atoms with Gasteiger partial charge in [0.2, 0.25) is 5.91 Å². The summed E-state index contributed by atoms with van der Waals surface area (Å²) in [5.74, 6) is 0.760. The highest BCUT2D eigenvalue weighted by Gasteiger charge is 2.14. The molecule has 0 bridgehead atoms. The van der Waals surface area contributed by atoms with Gasteiger partial charge in [0, 0.05) is 10.9 Å². The number of hydrogen-bond acceptors (Lipinski definition) is 6. The van der Waals surface area contributed by atoms with Crippen LogP contribution in [0.25, 0.3) is 21.3 Å². The summed E-state index contributed by atoms with van der Waals surface area (Å²) in [7, 11) is 0. The Morgan fingerprint density at radius 1 is 1.09 bits per heavy atom. The Balaban J connectivity index is 1.36. The first-order valence-corrected chi connectivity index (χ1v) is 11.3. The predicted octanol–water partition coefficient (Wildman–Crippen LogP) is 3.86. The van der Waals surface area contributed by atoms with Gasteiger partial charge in [-0.2, -0.15) is 0 Å². The first-order valence-electron chi connectivity index (χ1n) is 10.4. The molecule has 0 saturated heterocycles. The lowest BCUT2D eigenvalue weighted by Crippen LogP contribution is -2.34. The zero-order valence-corrected chi connectivity index (χ0v) is 18.7. The third-order valence-electron chi connectivity index (χ3n) is 4.86. The van der Waals surface area contributed by atoms with E-state index >= 15 is 0 Å². The van der Waals surface area contributed by atoms with E-state index < -0.39 is 0 Å². The molecule has 4 rings (SSSR count). The molecule has 1 amide bonds. The largest absolute Gasteiger partial charge is 0.494 e. The lowest BCUT2D eigenvalue weighted by Gasteiger charge is -2.10. The fourth-order valence-electron chi connectivity index (χ4n) is 3.29. The first-order chi connectivity index (χ1) is 16.0. The SMILES string of the molecule is CCOc1ccc(OCCNC(=O)Cn2cnc3scc(-c4ccc(F)cc4)c3c2=O)cc1. The van der Waals surface area contributed by atoms with Crippen LogP contribution in [-0.4, -0.2) is 35.2 Å². The third-order valence-corrected chi connectivity index (χ3v) is 5.74. The smallest absolute Gasteiger partial charge is 0.263 e. The van der Waals surface area contributed by atoms with Gasteiger partial charge < -0.3 is 14.8 Å². The molecule has 2 aromatic heterocycles. The van der Waals surface area contributed by atoms with Crippen LogP contribution in [-0.2, 0) is 11.3 Å². The van der Waals surface area contributed by atoms with E-state index in [2.05, 4.69) is 10.3 Å². The number of aromatic nitrogens is 2. The number of hydrogen-bond donors (Lipinski definition) is 1. The number of thiophene rings is 1. The fourth-order valence-corrected chi connectivity index (χ4v) is 4.20.